The first-order valence-electron chi connectivity index (χ1n) is 4.14. The van der Waals surface area contributed by atoms with E-state index in [9.17, 15) is 0 Å². The minimum absolute atomic E-state index is 0.311. The van der Waals surface area contributed by atoms with Gasteiger partial charge >= 0.3 is 0 Å². The Morgan fingerprint density at radius 2 is 2.29 bits per heavy atom. The van der Waals surface area contributed by atoms with Crippen molar-refractivity contribution < 1.29 is 0 Å². The fraction of sp³-hybridized carbons (Fsp3) is 0.222. The molecule has 1 heterocycles. The van der Waals surface area contributed by atoms with E-state index in [1.54, 1.807) is 25.4 Å². The summed E-state index contributed by atoms with van der Waals surface area (Å²) in [6.45, 7) is 0.486. The number of pyridine rings is 1. The highest BCUT2D eigenvalue weighted by Gasteiger charge is 2.05. The molecule has 4 nitrogen and oxygen atoms in total. The van der Waals surface area contributed by atoms with Gasteiger partial charge in [-0.25, -0.2) is 0 Å². The predicted molar refractivity (Wildman–Crippen MR) is 60.3 cm³/mol. The van der Waals surface area contributed by atoms with E-state index in [4.69, 9.17) is 10.8 Å². The van der Waals surface area contributed by atoms with E-state index in [0.717, 1.165) is 11.8 Å². The van der Waals surface area contributed by atoms with Crippen LogP contribution in [0.2, 0.25) is 0 Å². The molecule has 0 saturated carbocycles. The molecule has 5 heteroatoms. The van der Waals surface area contributed by atoms with Gasteiger partial charge in [0.05, 0.1) is 10.7 Å². The molecule has 0 amide bonds. The molecule has 3 N–H and O–H groups in total. The summed E-state index contributed by atoms with van der Waals surface area (Å²) in [7, 11) is 1.78. The zero-order chi connectivity index (χ0) is 10.4. The standard InChI is InChI=1S/C9H12N4S/c1-12-6-8(10)14-9(11)7-4-2-3-5-13-7/h2-5,10-12H,6H2,1H3. The second kappa shape index (κ2) is 5.51. The van der Waals surface area contributed by atoms with E-state index in [2.05, 4.69) is 10.3 Å². The fourth-order valence-corrected chi connectivity index (χ4v) is 1.56. The molecule has 0 saturated heterocycles. The van der Waals surface area contributed by atoms with Gasteiger partial charge in [0.15, 0.2) is 0 Å². The lowest BCUT2D eigenvalue weighted by Gasteiger charge is -2.03. The second-order valence-corrected chi connectivity index (χ2v) is 3.70. The van der Waals surface area contributed by atoms with Crippen molar-refractivity contribution in [2.45, 2.75) is 0 Å². The minimum Gasteiger partial charge on any atom is -0.314 e. The van der Waals surface area contributed by atoms with Crippen LogP contribution in [0.5, 0.6) is 0 Å². The van der Waals surface area contributed by atoms with Crippen LogP contribution in [0.1, 0.15) is 5.69 Å². The van der Waals surface area contributed by atoms with E-state index >= 15 is 0 Å². The van der Waals surface area contributed by atoms with Gasteiger partial charge in [-0.1, -0.05) is 17.8 Å². The van der Waals surface area contributed by atoms with E-state index < -0.39 is 0 Å². The maximum Gasteiger partial charge on any atom is 0.119 e. The van der Waals surface area contributed by atoms with E-state index in [-0.39, 0.29) is 0 Å². The maximum absolute atomic E-state index is 7.67. The number of nitrogens with one attached hydrogen (secondary N) is 3. The first-order chi connectivity index (χ1) is 6.74. The molecule has 1 aromatic rings. The van der Waals surface area contributed by atoms with Gasteiger partial charge in [0, 0.05) is 12.7 Å². The Morgan fingerprint density at radius 3 is 2.86 bits per heavy atom. The van der Waals surface area contributed by atoms with Gasteiger partial charge < -0.3 is 5.32 Å². The van der Waals surface area contributed by atoms with Crippen molar-refractivity contribution >= 4 is 21.8 Å². The van der Waals surface area contributed by atoms with Crippen LogP contribution in [0.25, 0.3) is 0 Å². The summed E-state index contributed by atoms with van der Waals surface area (Å²) in [6, 6.07) is 5.40. The van der Waals surface area contributed by atoms with Gasteiger partial charge in [-0.3, -0.25) is 15.8 Å². The quantitative estimate of drug-likeness (QED) is 0.518. The summed E-state index contributed by atoms with van der Waals surface area (Å²) < 4.78 is 0. The molecular formula is C9H12N4S. The largest absolute Gasteiger partial charge is 0.314 e. The summed E-state index contributed by atoms with van der Waals surface area (Å²) >= 11 is 1.12. The SMILES string of the molecule is CNCC(=N)SC(=N)c1ccccn1. The molecule has 0 aliphatic rings. The third-order valence-electron chi connectivity index (χ3n) is 1.46. The first-order valence-corrected chi connectivity index (χ1v) is 4.95. The van der Waals surface area contributed by atoms with Crippen LogP contribution < -0.4 is 5.32 Å². The van der Waals surface area contributed by atoms with Crippen LogP contribution in [-0.4, -0.2) is 28.7 Å². The predicted octanol–water partition coefficient (Wildman–Crippen LogP) is 1.34. The van der Waals surface area contributed by atoms with E-state index in [1.165, 1.54) is 0 Å². The third kappa shape index (κ3) is 3.27. The normalized spacial score (nSPS) is 9.79. The Morgan fingerprint density at radius 1 is 1.50 bits per heavy atom. The van der Waals surface area contributed by atoms with E-state index in [0.29, 0.717) is 22.3 Å². The van der Waals surface area contributed by atoms with Crippen LogP contribution in [0.3, 0.4) is 0 Å². The minimum atomic E-state index is 0.311. The van der Waals surface area contributed by atoms with Gasteiger partial charge in [0.2, 0.25) is 0 Å². The van der Waals surface area contributed by atoms with E-state index in [1.807, 2.05) is 6.07 Å². The van der Waals surface area contributed by atoms with Crippen molar-refractivity contribution in [3.63, 3.8) is 0 Å². The molecule has 14 heavy (non-hydrogen) atoms. The zero-order valence-electron chi connectivity index (χ0n) is 7.87. The third-order valence-corrected chi connectivity index (χ3v) is 2.26. The van der Waals surface area contributed by atoms with Gasteiger partial charge in [-0.05, 0) is 19.2 Å². The summed E-state index contributed by atoms with van der Waals surface area (Å²) in [6.07, 6.45) is 1.64. The Labute approximate surface area is 87.2 Å². The summed E-state index contributed by atoms with van der Waals surface area (Å²) in [4.78, 5) is 4.03. The molecule has 0 aliphatic heterocycles. The van der Waals surface area contributed by atoms with Crippen LogP contribution in [0.15, 0.2) is 24.4 Å². The van der Waals surface area contributed by atoms with Crippen molar-refractivity contribution in [2.75, 3.05) is 13.6 Å². The molecule has 0 aliphatic carbocycles. The molecular weight excluding hydrogens is 196 g/mol. The maximum atomic E-state index is 7.67. The molecule has 0 aromatic carbocycles. The number of aromatic nitrogens is 1. The lowest BCUT2D eigenvalue weighted by Crippen LogP contribution is -2.16. The van der Waals surface area contributed by atoms with Crippen molar-refractivity contribution in [3.05, 3.63) is 30.1 Å². The molecule has 0 spiro atoms. The van der Waals surface area contributed by atoms with Gasteiger partial charge in [-0.15, -0.1) is 0 Å². The monoisotopic (exact) mass is 208 g/mol. The Bertz CT molecular complexity index is 323. The van der Waals surface area contributed by atoms with Gasteiger partial charge in [-0.2, -0.15) is 0 Å². The molecule has 0 unspecified atom stereocenters. The summed E-state index contributed by atoms with van der Waals surface area (Å²) in [5.41, 5.74) is 0.610. The molecule has 0 atom stereocenters. The number of hydrogen-bond acceptors (Lipinski definition) is 5. The Hall–Kier alpha value is -1.20. The summed E-state index contributed by atoms with van der Waals surface area (Å²) in [5.74, 6) is 0. The lowest BCUT2D eigenvalue weighted by atomic mass is 10.4. The Kier molecular flexibility index (Phi) is 4.28. The zero-order valence-corrected chi connectivity index (χ0v) is 8.69. The molecule has 0 fully saturated rings. The topological polar surface area (TPSA) is 72.6 Å². The highest BCUT2D eigenvalue weighted by molar-refractivity contribution is 8.26. The van der Waals surface area contributed by atoms with Crippen LogP contribution in [-0.2, 0) is 0 Å². The lowest BCUT2D eigenvalue weighted by molar-refractivity contribution is 0.951. The van der Waals surface area contributed by atoms with Crippen molar-refractivity contribution in [3.8, 4) is 0 Å². The van der Waals surface area contributed by atoms with Crippen molar-refractivity contribution in [2.24, 2.45) is 0 Å². The van der Waals surface area contributed by atoms with Gasteiger partial charge in [0.25, 0.3) is 0 Å². The highest BCUT2D eigenvalue weighted by Crippen LogP contribution is 2.10. The number of rotatable bonds is 3. The van der Waals surface area contributed by atoms with Crippen LogP contribution >= 0.6 is 11.8 Å². The molecule has 1 aromatic heterocycles. The smallest absolute Gasteiger partial charge is 0.119 e. The van der Waals surface area contributed by atoms with Crippen LogP contribution in [0.4, 0.5) is 0 Å². The second-order valence-electron chi connectivity index (χ2n) is 2.60. The van der Waals surface area contributed by atoms with Crippen LogP contribution in [0, 0.1) is 10.8 Å². The van der Waals surface area contributed by atoms with Crippen molar-refractivity contribution in [1.29, 1.82) is 10.8 Å². The highest BCUT2D eigenvalue weighted by atomic mass is 32.2. The number of nitrogens with zero attached hydrogens (tertiary/aromatic N) is 1. The Balaban J connectivity index is 2.55. The summed E-state index contributed by atoms with van der Waals surface area (Å²) in [5, 5.41) is 18.8. The molecule has 0 radical (unpaired) electrons. The average Bonchev–Trinajstić information content (AvgIpc) is 2.19. The molecule has 74 valence electrons. The number of hydrogen-bond donors (Lipinski definition) is 3. The van der Waals surface area contributed by atoms with Gasteiger partial charge in [0.1, 0.15) is 5.04 Å². The average molecular weight is 208 g/mol. The molecule has 0 bridgehead atoms. The number of thioether (sulfide) groups is 1. The first kappa shape index (κ1) is 10.9. The molecule has 1 rings (SSSR count). The fourth-order valence-electron chi connectivity index (χ4n) is 0.869. The van der Waals surface area contributed by atoms with Crippen molar-refractivity contribution in [1.82, 2.24) is 10.3 Å².